The maximum atomic E-state index is 12.1. The van der Waals surface area contributed by atoms with Crippen LogP contribution in [0.25, 0.3) is 11.1 Å². The molecule has 0 bridgehead atoms. The van der Waals surface area contributed by atoms with E-state index in [9.17, 15) is 4.79 Å². The molecule has 3 rings (SSSR count). The molecule has 2 aromatic rings. The van der Waals surface area contributed by atoms with Crippen LogP contribution >= 0.6 is 0 Å². The summed E-state index contributed by atoms with van der Waals surface area (Å²) in [6.07, 6.45) is 5.90. The van der Waals surface area contributed by atoms with Gasteiger partial charge in [-0.3, -0.25) is 9.48 Å². The Hall–Kier alpha value is -2.30. The first-order valence-electron chi connectivity index (χ1n) is 7.30. The number of aromatic nitrogens is 2. The summed E-state index contributed by atoms with van der Waals surface area (Å²) in [7, 11) is 0. The lowest BCUT2D eigenvalue weighted by Crippen LogP contribution is -2.31. The van der Waals surface area contributed by atoms with Gasteiger partial charge in [0.15, 0.2) is 0 Å². The molecule has 0 unspecified atom stereocenters. The van der Waals surface area contributed by atoms with Gasteiger partial charge in [-0.25, -0.2) is 0 Å². The van der Waals surface area contributed by atoms with Crippen molar-refractivity contribution in [1.82, 2.24) is 14.7 Å². The van der Waals surface area contributed by atoms with E-state index < -0.39 is 0 Å². The molecule has 1 amide bonds. The molecule has 1 aromatic heterocycles. The Morgan fingerprint density at radius 2 is 2.05 bits per heavy atom. The van der Waals surface area contributed by atoms with Crippen LogP contribution in [0.3, 0.4) is 0 Å². The number of anilines is 1. The van der Waals surface area contributed by atoms with Crippen molar-refractivity contribution in [3.8, 4) is 11.1 Å². The van der Waals surface area contributed by atoms with Crippen molar-refractivity contribution >= 4 is 11.6 Å². The van der Waals surface area contributed by atoms with E-state index in [2.05, 4.69) is 5.10 Å². The van der Waals surface area contributed by atoms with E-state index >= 15 is 0 Å². The molecule has 21 heavy (non-hydrogen) atoms. The first-order valence-corrected chi connectivity index (χ1v) is 7.30. The van der Waals surface area contributed by atoms with Crippen LogP contribution in [0, 0.1) is 6.92 Å². The van der Waals surface area contributed by atoms with Gasteiger partial charge in [0.25, 0.3) is 0 Å². The van der Waals surface area contributed by atoms with Crippen molar-refractivity contribution in [1.29, 1.82) is 0 Å². The summed E-state index contributed by atoms with van der Waals surface area (Å²) in [5.74, 6) is 0.144. The summed E-state index contributed by atoms with van der Waals surface area (Å²) in [6, 6.07) is 5.96. The Morgan fingerprint density at radius 1 is 1.29 bits per heavy atom. The molecule has 0 saturated carbocycles. The Balaban J connectivity index is 1.73. The second-order valence-corrected chi connectivity index (χ2v) is 5.59. The lowest BCUT2D eigenvalue weighted by molar-refractivity contribution is -0.130. The standard InChI is InChI=1S/C16H20N4O/c1-12-4-5-13(8-15(12)17)14-9-18-20(10-14)11-16(21)19-6-2-3-7-19/h4-5,8-10H,2-3,6-7,11,17H2,1H3. The number of nitrogen functional groups attached to an aromatic ring is 1. The van der Waals surface area contributed by atoms with E-state index in [1.165, 1.54) is 0 Å². The smallest absolute Gasteiger partial charge is 0.244 e. The highest BCUT2D eigenvalue weighted by Crippen LogP contribution is 2.23. The zero-order valence-electron chi connectivity index (χ0n) is 12.2. The fourth-order valence-corrected chi connectivity index (χ4v) is 2.62. The molecule has 2 N–H and O–H groups in total. The Bertz CT molecular complexity index is 656. The average Bonchev–Trinajstić information content (AvgIpc) is 3.12. The molecular formula is C16H20N4O. The van der Waals surface area contributed by atoms with Gasteiger partial charge in [0.05, 0.1) is 6.20 Å². The number of likely N-dealkylation sites (tertiary alicyclic amines) is 1. The summed E-state index contributed by atoms with van der Waals surface area (Å²) < 4.78 is 1.70. The Morgan fingerprint density at radius 3 is 2.76 bits per heavy atom. The minimum atomic E-state index is 0.144. The number of carbonyl (C=O) groups is 1. The van der Waals surface area contributed by atoms with Crippen molar-refractivity contribution in [2.45, 2.75) is 26.3 Å². The van der Waals surface area contributed by atoms with Crippen LogP contribution in [-0.2, 0) is 11.3 Å². The molecule has 2 heterocycles. The van der Waals surface area contributed by atoms with Crippen LogP contribution in [0.2, 0.25) is 0 Å². The van der Waals surface area contributed by atoms with Crippen LogP contribution in [-0.4, -0.2) is 33.7 Å². The Labute approximate surface area is 124 Å². The third-order valence-corrected chi connectivity index (χ3v) is 4.00. The van der Waals surface area contributed by atoms with Gasteiger partial charge in [0.1, 0.15) is 6.54 Å². The number of aryl methyl sites for hydroxylation is 1. The zero-order valence-corrected chi connectivity index (χ0v) is 12.2. The predicted octanol–water partition coefficient (Wildman–Crippen LogP) is 2.06. The monoisotopic (exact) mass is 284 g/mol. The molecule has 0 aliphatic carbocycles. The SMILES string of the molecule is Cc1ccc(-c2cnn(CC(=O)N3CCCC3)c2)cc1N. The summed E-state index contributed by atoms with van der Waals surface area (Å²) in [5, 5.41) is 4.28. The van der Waals surface area contributed by atoms with Gasteiger partial charge in [-0.2, -0.15) is 5.10 Å². The second kappa shape index (κ2) is 5.60. The summed E-state index contributed by atoms with van der Waals surface area (Å²) >= 11 is 0. The molecule has 1 aliphatic rings. The molecule has 5 nitrogen and oxygen atoms in total. The maximum absolute atomic E-state index is 12.1. The van der Waals surface area contributed by atoms with E-state index in [-0.39, 0.29) is 5.91 Å². The van der Waals surface area contributed by atoms with E-state index in [0.717, 1.165) is 48.3 Å². The predicted molar refractivity (Wildman–Crippen MR) is 82.6 cm³/mol. The van der Waals surface area contributed by atoms with Crippen molar-refractivity contribution < 1.29 is 4.79 Å². The molecule has 1 aliphatic heterocycles. The molecule has 0 atom stereocenters. The van der Waals surface area contributed by atoms with Gasteiger partial charge in [-0.15, -0.1) is 0 Å². The number of hydrogen-bond acceptors (Lipinski definition) is 3. The summed E-state index contributed by atoms with van der Waals surface area (Å²) in [4.78, 5) is 14.0. The molecule has 110 valence electrons. The van der Waals surface area contributed by atoms with Gasteiger partial charge in [-0.05, 0) is 37.0 Å². The minimum absolute atomic E-state index is 0.144. The van der Waals surface area contributed by atoms with E-state index in [0.29, 0.717) is 6.54 Å². The minimum Gasteiger partial charge on any atom is -0.398 e. The normalized spacial score (nSPS) is 14.6. The highest BCUT2D eigenvalue weighted by atomic mass is 16.2. The van der Waals surface area contributed by atoms with Gasteiger partial charge in [0, 0.05) is 30.5 Å². The van der Waals surface area contributed by atoms with Crippen molar-refractivity contribution in [3.05, 3.63) is 36.2 Å². The van der Waals surface area contributed by atoms with Crippen LogP contribution < -0.4 is 5.73 Å². The molecule has 0 spiro atoms. The average molecular weight is 284 g/mol. The van der Waals surface area contributed by atoms with Crippen molar-refractivity contribution in [2.24, 2.45) is 0 Å². The van der Waals surface area contributed by atoms with E-state index in [1.807, 2.05) is 36.2 Å². The topological polar surface area (TPSA) is 64.2 Å². The molecule has 1 aromatic carbocycles. The summed E-state index contributed by atoms with van der Waals surface area (Å²) in [5.41, 5.74) is 9.79. The number of carbonyl (C=O) groups excluding carboxylic acids is 1. The second-order valence-electron chi connectivity index (χ2n) is 5.59. The van der Waals surface area contributed by atoms with Crippen LogP contribution in [0.5, 0.6) is 0 Å². The number of rotatable bonds is 3. The van der Waals surface area contributed by atoms with Gasteiger partial charge < -0.3 is 10.6 Å². The van der Waals surface area contributed by atoms with E-state index in [1.54, 1.807) is 10.9 Å². The van der Waals surface area contributed by atoms with Crippen LogP contribution in [0.1, 0.15) is 18.4 Å². The number of amides is 1. The molecular weight excluding hydrogens is 264 g/mol. The zero-order chi connectivity index (χ0) is 14.8. The summed E-state index contributed by atoms with van der Waals surface area (Å²) in [6.45, 7) is 4.04. The van der Waals surface area contributed by atoms with Crippen molar-refractivity contribution in [2.75, 3.05) is 18.8 Å². The Kier molecular flexibility index (Phi) is 3.64. The fourth-order valence-electron chi connectivity index (χ4n) is 2.62. The van der Waals surface area contributed by atoms with Crippen LogP contribution in [0.4, 0.5) is 5.69 Å². The third-order valence-electron chi connectivity index (χ3n) is 4.00. The van der Waals surface area contributed by atoms with Gasteiger partial charge >= 0.3 is 0 Å². The number of benzene rings is 1. The molecule has 1 fully saturated rings. The number of nitrogens with two attached hydrogens (primary N) is 1. The quantitative estimate of drug-likeness (QED) is 0.877. The third kappa shape index (κ3) is 2.91. The molecule has 0 radical (unpaired) electrons. The molecule has 5 heteroatoms. The maximum Gasteiger partial charge on any atom is 0.244 e. The lowest BCUT2D eigenvalue weighted by Gasteiger charge is -2.14. The number of nitrogens with zero attached hydrogens (tertiary/aromatic N) is 3. The fraction of sp³-hybridized carbons (Fsp3) is 0.375. The van der Waals surface area contributed by atoms with Gasteiger partial charge in [-0.1, -0.05) is 12.1 Å². The first-order chi connectivity index (χ1) is 10.1. The van der Waals surface area contributed by atoms with E-state index in [4.69, 9.17) is 5.73 Å². The highest BCUT2D eigenvalue weighted by Gasteiger charge is 2.18. The van der Waals surface area contributed by atoms with Crippen LogP contribution in [0.15, 0.2) is 30.6 Å². The first kappa shape index (κ1) is 13.7. The number of hydrogen-bond donors (Lipinski definition) is 1. The molecule has 1 saturated heterocycles. The highest BCUT2D eigenvalue weighted by molar-refractivity contribution is 5.76. The van der Waals surface area contributed by atoms with Crippen molar-refractivity contribution in [3.63, 3.8) is 0 Å². The van der Waals surface area contributed by atoms with Gasteiger partial charge in [0.2, 0.25) is 5.91 Å². The lowest BCUT2D eigenvalue weighted by atomic mass is 10.1. The largest absolute Gasteiger partial charge is 0.398 e.